The van der Waals surface area contributed by atoms with Gasteiger partial charge < -0.3 is 4.42 Å². The molecule has 0 fully saturated rings. The van der Waals surface area contributed by atoms with Crippen LogP contribution in [-0.2, 0) is 7.05 Å². The molecular formula is C31H22NOS+. The number of aromatic nitrogens is 1. The summed E-state index contributed by atoms with van der Waals surface area (Å²) < 4.78 is 10.3. The summed E-state index contributed by atoms with van der Waals surface area (Å²) in [5.41, 5.74) is 7.80. The van der Waals surface area contributed by atoms with E-state index in [0.717, 1.165) is 38.8 Å². The van der Waals surface area contributed by atoms with E-state index in [4.69, 9.17) is 4.42 Å². The van der Waals surface area contributed by atoms with Crippen molar-refractivity contribution in [3.05, 3.63) is 102 Å². The van der Waals surface area contributed by atoms with Crippen LogP contribution in [0.4, 0.5) is 0 Å². The van der Waals surface area contributed by atoms with Crippen LogP contribution in [0.3, 0.4) is 0 Å². The molecule has 0 unspecified atom stereocenters. The first-order valence-electron chi connectivity index (χ1n) is 11.5. The Kier molecular flexibility index (Phi) is 4.18. The summed E-state index contributed by atoms with van der Waals surface area (Å²) in [7, 11) is 2.09. The van der Waals surface area contributed by atoms with E-state index in [2.05, 4.69) is 115 Å². The molecule has 3 heterocycles. The first-order valence-corrected chi connectivity index (χ1v) is 12.4. The number of furan rings is 1. The van der Waals surface area contributed by atoms with Gasteiger partial charge in [-0.2, -0.15) is 0 Å². The fraction of sp³-hybridized carbons (Fsp3) is 0.0645. The highest BCUT2D eigenvalue weighted by Gasteiger charge is 2.22. The van der Waals surface area contributed by atoms with Gasteiger partial charge in [0.25, 0.3) is 0 Å². The van der Waals surface area contributed by atoms with Gasteiger partial charge in [0.1, 0.15) is 18.2 Å². The minimum absolute atomic E-state index is 0.951. The molecule has 0 aliphatic carbocycles. The predicted molar refractivity (Wildman–Crippen MR) is 143 cm³/mol. The Morgan fingerprint density at radius 2 is 1.53 bits per heavy atom. The topological polar surface area (TPSA) is 17.0 Å². The summed E-state index contributed by atoms with van der Waals surface area (Å²) >= 11 is 1.80. The molecule has 0 radical (unpaired) electrons. The van der Waals surface area contributed by atoms with E-state index in [0.29, 0.717) is 0 Å². The Labute approximate surface area is 201 Å². The zero-order valence-electron chi connectivity index (χ0n) is 19.0. The highest BCUT2D eigenvalue weighted by molar-refractivity contribution is 7.18. The molecule has 4 aromatic carbocycles. The molecule has 3 heteroatoms. The summed E-state index contributed by atoms with van der Waals surface area (Å²) in [6, 6.07) is 30.5. The van der Waals surface area contributed by atoms with E-state index in [1.54, 1.807) is 11.3 Å². The van der Waals surface area contributed by atoms with Crippen molar-refractivity contribution >= 4 is 54.1 Å². The monoisotopic (exact) mass is 456 g/mol. The molecule has 0 atom stereocenters. The van der Waals surface area contributed by atoms with Crippen molar-refractivity contribution in [1.29, 1.82) is 0 Å². The molecule has 0 amide bonds. The SMILES string of the molecule is Cc1ccc2c(oc3c(-c4cc5ccccc5c5ccsc45)cccc32)c1-c1cccc[n+]1C. The van der Waals surface area contributed by atoms with Crippen molar-refractivity contribution in [3.63, 3.8) is 0 Å². The minimum atomic E-state index is 0.951. The molecule has 3 aromatic heterocycles. The van der Waals surface area contributed by atoms with Gasteiger partial charge in [-0.05, 0) is 46.8 Å². The molecule has 0 spiro atoms. The molecular weight excluding hydrogens is 434 g/mol. The maximum absolute atomic E-state index is 6.79. The van der Waals surface area contributed by atoms with Crippen molar-refractivity contribution < 1.29 is 8.98 Å². The zero-order chi connectivity index (χ0) is 22.8. The lowest BCUT2D eigenvalue weighted by Crippen LogP contribution is -2.30. The van der Waals surface area contributed by atoms with E-state index >= 15 is 0 Å². The molecule has 7 aromatic rings. The first-order chi connectivity index (χ1) is 16.7. The van der Waals surface area contributed by atoms with Crippen LogP contribution in [0, 0.1) is 6.92 Å². The number of rotatable bonds is 2. The normalized spacial score (nSPS) is 11.8. The van der Waals surface area contributed by atoms with Gasteiger partial charge >= 0.3 is 0 Å². The molecule has 0 N–H and O–H groups in total. The summed E-state index contributed by atoms with van der Waals surface area (Å²) in [6.07, 6.45) is 2.09. The largest absolute Gasteiger partial charge is 0.454 e. The second kappa shape index (κ2) is 7.28. The lowest BCUT2D eigenvalue weighted by molar-refractivity contribution is -0.660. The third-order valence-corrected chi connectivity index (χ3v) is 7.88. The Balaban J connectivity index is 1.59. The van der Waals surface area contributed by atoms with Crippen molar-refractivity contribution in [2.45, 2.75) is 6.92 Å². The van der Waals surface area contributed by atoms with E-state index in [1.165, 1.54) is 32.0 Å². The maximum Gasteiger partial charge on any atom is 0.216 e. The standard InChI is InChI=1S/C31H22NOS/c1-19-13-14-24-22-10-7-11-23(29(22)33-30(24)28(19)27-12-5-6-16-32(27)2)26-18-20-8-3-4-9-21(20)25-15-17-34-31(25)26/h3-18H,1-2H3/q+1. The Morgan fingerprint density at radius 1 is 0.706 bits per heavy atom. The van der Waals surface area contributed by atoms with Gasteiger partial charge in [-0.1, -0.05) is 54.6 Å². The number of pyridine rings is 1. The van der Waals surface area contributed by atoms with Gasteiger partial charge in [-0.15, -0.1) is 11.3 Å². The Hall–Kier alpha value is -3.95. The van der Waals surface area contributed by atoms with Crippen LogP contribution in [0.1, 0.15) is 5.56 Å². The first kappa shape index (κ1) is 19.5. The predicted octanol–water partition coefficient (Wildman–Crippen LogP) is 8.42. The Bertz CT molecular complexity index is 1890. The molecule has 0 aliphatic heterocycles. The fourth-order valence-corrected chi connectivity index (χ4v) is 6.23. The smallest absolute Gasteiger partial charge is 0.216 e. The summed E-state index contributed by atoms with van der Waals surface area (Å²) in [5, 5.41) is 8.36. The molecule has 0 saturated heterocycles. The molecule has 34 heavy (non-hydrogen) atoms. The highest BCUT2D eigenvalue weighted by atomic mass is 32.1. The lowest BCUT2D eigenvalue weighted by atomic mass is 9.96. The fourth-order valence-electron chi connectivity index (χ4n) is 5.29. The third kappa shape index (κ3) is 2.71. The number of nitrogens with zero attached hydrogens (tertiary/aromatic N) is 1. The molecule has 162 valence electrons. The van der Waals surface area contributed by atoms with Crippen LogP contribution >= 0.6 is 11.3 Å². The zero-order valence-corrected chi connectivity index (χ0v) is 19.8. The minimum Gasteiger partial charge on any atom is -0.454 e. The van der Waals surface area contributed by atoms with Gasteiger partial charge in [-0.3, -0.25) is 0 Å². The third-order valence-electron chi connectivity index (χ3n) is 6.94. The maximum atomic E-state index is 6.79. The van der Waals surface area contributed by atoms with Gasteiger partial charge in [0.05, 0.1) is 5.56 Å². The number of benzene rings is 4. The van der Waals surface area contributed by atoms with Crippen molar-refractivity contribution in [2.75, 3.05) is 0 Å². The Morgan fingerprint density at radius 3 is 2.44 bits per heavy atom. The van der Waals surface area contributed by atoms with Crippen LogP contribution in [0.15, 0.2) is 101 Å². The second-order valence-electron chi connectivity index (χ2n) is 8.92. The van der Waals surface area contributed by atoms with Gasteiger partial charge in [0.15, 0.2) is 6.20 Å². The number of para-hydroxylation sites is 1. The summed E-state index contributed by atoms with van der Waals surface area (Å²) in [5.74, 6) is 0. The molecule has 0 saturated carbocycles. The summed E-state index contributed by atoms with van der Waals surface area (Å²) in [6.45, 7) is 2.16. The highest BCUT2D eigenvalue weighted by Crippen LogP contribution is 2.44. The number of hydrogen-bond acceptors (Lipinski definition) is 2. The van der Waals surface area contributed by atoms with E-state index in [9.17, 15) is 0 Å². The lowest BCUT2D eigenvalue weighted by Gasteiger charge is -2.08. The quantitative estimate of drug-likeness (QED) is 0.239. The second-order valence-corrected chi connectivity index (χ2v) is 9.84. The van der Waals surface area contributed by atoms with E-state index in [1.807, 2.05) is 0 Å². The number of thiophene rings is 1. The van der Waals surface area contributed by atoms with Crippen molar-refractivity contribution in [3.8, 4) is 22.4 Å². The van der Waals surface area contributed by atoms with Crippen molar-refractivity contribution in [1.82, 2.24) is 0 Å². The number of fused-ring (bicyclic) bond motifs is 6. The van der Waals surface area contributed by atoms with Crippen LogP contribution in [0.5, 0.6) is 0 Å². The number of aryl methyl sites for hydroxylation is 2. The van der Waals surface area contributed by atoms with Crippen LogP contribution in [-0.4, -0.2) is 0 Å². The van der Waals surface area contributed by atoms with Crippen LogP contribution in [0.25, 0.3) is 65.2 Å². The van der Waals surface area contributed by atoms with Crippen LogP contribution in [0.2, 0.25) is 0 Å². The molecule has 0 aliphatic rings. The van der Waals surface area contributed by atoms with Crippen LogP contribution < -0.4 is 4.57 Å². The van der Waals surface area contributed by atoms with Gasteiger partial charge in [0.2, 0.25) is 5.69 Å². The molecule has 0 bridgehead atoms. The average Bonchev–Trinajstić information content (AvgIpc) is 3.49. The van der Waals surface area contributed by atoms with E-state index < -0.39 is 0 Å². The van der Waals surface area contributed by atoms with Crippen molar-refractivity contribution in [2.24, 2.45) is 7.05 Å². The molecule has 2 nitrogen and oxygen atoms in total. The molecule has 7 rings (SSSR count). The van der Waals surface area contributed by atoms with E-state index in [-0.39, 0.29) is 0 Å². The average molecular weight is 457 g/mol. The number of hydrogen-bond donors (Lipinski definition) is 0. The van der Waals surface area contributed by atoms with Gasteiger partial charge in [0, 0.05) is 44.1 Å². The van der Waals surface area contributed by atoms with Gasteiger partial charge in [-0.25, -0.2) is 4.57 Å². The summed E-state index contributed by atoms with van der Waals surface area (Å²) in [4.78, 5) is 0.